The number of furan rings is 2. The van der Waals surface area contributed by atoms with E-state index in [9.17, 15) is 0 Å². The lowest BCUT2D eigenvalue weighted by atomic mass is 9.33. The second kappa shape index (κ2) is 15.7. The van der Waals surface area contributed by atoms with Crippen LogP contribution in [0.5, 0.6) is 0 Å². The maximum absolute atomic E-state index is 7.05. The number of rotatable bonds is 5. The summed E-state index contributed by atoms with van der Waals surface area (Å²) in [5.41, 5.74) is 16.6. The van der Waals surface area contributed by atoms with Crippen molar-refractivity contribution in [1.82, 2.24) is 0 Å². The van der Waals surface area contributed by atoms with Crippen LogP contribution in [-0.2, 0) is 0 Å². The summed E-state index contributed by atoms with van der Waals surface area (Å²) in [6.07, 6.45) is 0. The average molecular weight is 968 g/mol. The van der Waals surface area contributed by atoms with E-state index in [0.29, 0.717) is 0 Å². The second-order valence-electron chi connectivity index (χ2n) is 20.3. The van der Waals surface area contributed by atoms with E-state index in [1.807, 2.05) is 0 Å². The van der Waals surface area contributed by atoms with Gasteiger partial charge >= 0.3 is 0 Å². The van der Waals surface area contributed by atoms with Gasteiger partial charge in [0.15, 0.2) is 11.2 Å². The predicted octanol–water partition coefficient (Wildman–Crippen LogP) is 17.7. The Hall–Kier alpha value is -10.0. The first-order valence-corrected chi connectivity index (χ1v) is 26.1. The molecule has 0 amide bonds. The van der Waals surface area contributed by atoms with Crippen molar-refractivity contribution in [3.63, 3.8) is 0 Å². The Kier molecular flexibility index (Phi) is 8.58. The van der Waals surface area contributed by atoms with Crippen LogP contribution >= 0.6 is 0 Å². The van der Waals surface area contributed by atoms with Crippen LogP contribution in [0.15, 0.2) is 264 Å². The Morgan fingerprint density at radius 2 is 0.671 bits per heavy atom. The van der Waals surface area contributed by atoms with Crippen LogP contribution in [0.1, 0.15) is 0 Å². The fourth-order valence-electron chi connectivity index (χ4n) is 13.2. The van der Waals surface area contributed by atoms with Gasteiger partial charge in [0.05, 0.1) is 28.4 Å². The molecule has 2 aromatic heterocycles. The Morgan fingerprint density at radius 1 is 0.303 bits per heavy atom. The molecule has 0 fully saturated rings. The number of hydrogen-bond acceptors (Lipinski definition) is 5. The van der Waals surface area contributed by atoms with Gasteiger partial charge in [-0.2, -0.15) is 0 Å². The molecule has 5 nitrogen and oxygen atoms in total. The first kappa shape index (κ1) is 41.4. The van der Waals surface area contributed by atoms with Gasteiger partial charge in [0, 0.05) is 65.8 Å². The van der Waals surface area contributed by atoms with Gasteiger partial charge in [-0.1, -0.05) is 206 Å². The Bertz CT molecular complexity index is 4640. The van der Waals surface area contributed by atoms with Gasteiger partial charge in [-0.25, -0.2) is 0 Å². The quantitative estimate of drug-likeness (QED) is 0.161. The lowest BCUT2D eigenvalue weighted by Gasteiger charge is -2.46. The summed E-state index contributed by atoms with van der Waals surface area (Å²) in [7, 11) is 0. The molecule has 15 aromatic rings. The zero-order valence-electron chi connectivity index (χ0n) is 41.0. The summed E-state index contributed by atoms with van der Waals surface area (Å²) >= 11 is 0. The summed E-state index contributed by atoms with van der Waals surface area (Å²) < 4.78 is 14.1. The van der Waals surface area contributed by atoms with Crippen molar-refractivity contribution in [3.05, 3.63) is 255 Å². The van der Waals surface area contributed by atoms with Gasteiger partial charge < -0.3 is 23.5 Å². The summed E-state index contributed by atoms with van der Waals surface area (Å²) in [5, 5.41) is 13.7. The number of hydrogen-bond donors (Lipinski definition) is 0. The number of benzene rings is 13. The summed E-state index contributed by atoms with van der Waals surface area (Å²) in [6, 6.07) is 93.2. The average Bonchev–Trinajstić information content (AvgIpc) is 4.10. The van der Waals surface area contributed by atoms with Gasteiger partial charge in [-0.05, 0) is 86.5 Å². The first-order chi connectivity index (χ1) is 37.7. The van der Waals surface area contributed by atoms with Crippen molar-refractivity contribution in [2.24, 2.45) is 0 Å². The third-order valence-electron chi connectivity index (χ3n) is 16.3. The highest BCUT2D eigenvalue weighted by molar-refractivity contribution is 7.01. The van der Waals surface area contributed by atoms with E-state index in [2.05, 4.69) is 269 Å². The van der Waals surface area contributed by atoms with Crippen molar-refractivity contribution < 1.29 is 8.83 Å². The van der Waals surface area contributed by atoms with Crippen molar-refractivity contribution in [1.29, 1.82) is 0 Å². The molecule has 352 valence electrons. The van der Waals surface area contributed by atoms with E-state index in [1.165, 1.54) is 70.9 Å². The molecule has 76 heavy (non-hydrogen) atoms. The molecule has 17 rings (SSSR count). The van der Waals surface area contributed by atoms with E-state index in [0.717, 1.165) is 83.7 Å². The lowest BCUT2D eigenvalue weighted by Crippen LogP contribution is -2.61. The van der Waals surface area contributed by atoms with Gasteiger partial charge in [0.2, 0.25) is 0 Å². The maximum Gasteiger partial charge on any atom is 0.252 e. The SMILES string of the molecule is c1ccc2c(N3c4cc(N(c5cccc6c5oc5ccccc56)c5cccc6c5oc5ccccc56)cc5c4B(c4ccc6ccccc6c43)c3ccc4ccccc4c3N5c3cccc4ccccc34)cccc2c1. The highest BCUT2D eigenvalue weighted by atomic mass is 16.3. The van der Waals surface area contributed by atoms with Crippen molar-refractivity contribution in [2.45, 2.75) is 0 Å². The van der Waals surface area contributed by atoms with Crippen LogP contribution in [0.2, 0.25) is 0 Å². The highest BCUT2D eigenvalue weighted by Crippen LogP contribution is 2.54. The smallest absolute Gasteiger partial charge is 0.252 e. The van der Waals surface area contributed by atoms with Gasteiger partial charge in [0.25, 0.3) is 6.71 Å². The molecular formula is C70H42BN3O2. The molecule has 0 N–H and O–H groups in total. The highest BCUT2D eigenvalue weighted by Gasteiger charge is 2.46. The second-order valence-corrected chi connectivity index (χ2v) is 20.3. The molecular weight excluding hydrogens is 926 g/mol. The van der Waals surface area contributed by atoms with E-state index in [4.69, 9.17) is 8.83 Å². The largest absolute Gasteiger partial charge is 0.454 e. The molecule has 13 aromatic carbocycles. The molecule has 2 aliphatic rings. The van der Waals surface area contributed by atoms with Crippen molar-refractivity contribution in [2.75, 3.05) is 14.7 Å². The van der Waals surface area contributed by atoms with E-state index in [1.54, 1.807) is 0 Å². The Labute approximate surface area is 437 Å². The van der Waals surface area contributed by atoms with Crippen LogP contribution in [-0.4, -0.2) is 6.71 Å². The molecule has 0 bridgehead atoms. The Morgan fingerprint density at radius 3 is 1.14 bits per heavy atom. The monoisotopic (exact) mass is 967 g/mol. The zero-order valence-corrected chi connectivity index (χ0v) is 41.0. The molecule has 4 heterocycles. The summed E-state index contributed by atoms with van der Waals surface area (Å²) in [6.45, 7) is -0.137. The molecule has 0 atom stereocenters. The molecule has 0 saturated heterocycles. The first-order valence-electron chi connectivity index (χ1n) is 26.1. The predicted molar refractivity (Wildman–Crippen MR) is 320 cm³/mol. The van der Waals surface area contributed by atoms with Crippen LogP contribution in [0.3, 0.4) is 0 Å². The molecule has 0 aliphatic carbocycles. The minimum absolute atomic E-state index is 0.137. The summed E-state index contributed by atoms with van der Waals surface area (Å²) in [4.78, 5) is 7.59. The van der Waals surface area contributed by atoms with E-state index < -0.39 is 0 Å². The van der Waals surface area contributed by atoms with Gasteiger partial charge in [-0.15, -0.1) is 0 Å². The number of anilines is 9. The molecule has 0 saturated carbocycles. The number of para-hydroxylation sites is 4. The van der Waals surface area contributed by atoms with Crippen molar-refractivity contribution >= 4 is 161 Å². The van der Waals surface area contributed by atoms with Crippen LogP contribution in [0, 0.1) is 0 Å². The third-order valence-corrected chi connectivity index (χ3v) is 16.3. The Balaban J connectivity index is 1.08. The van der Waals surface area contributed by atoms with E-state index in [-0.39, 0.29) is 6.71 Å². The minimum atomic E-state index is -0.137. The fourth-order valence-corrected chi connectivity index (χ4v) is 13.2. The lowest BCUT2D eigenvalue weighted by molar-refractivity contribution is 0.666. The summed E-state index contributed by atoms with van der Waals surface area (Å²) in [5.74, 6) is 0. The van der Waals surface area contributed by atoms with Crippen molar-refractivity contribution in [3.8, 4) is 0 Å². The van der Waals surface area contributed by atoms with Gasteiger partial charge in [0.1, 0.15) is 11.2 Å². The number of fused-ring (bicyclic) bond motifs is 16. The minimum Gasteiger partial charge on any atom is -0.454 e. The molecule has 2 aliphatic heterocycles. The maximum atomic E-state index is 7.05. The molecule has 0 spiro atoms. The molecule has 0 radical (unpaired) electrons. The standard InChI is InChI=1S/C70H42BN3O2/c1-5-23-48-43(17-1)21-13-31-58(48)73-62-41-47(72(60-33-15-29-54-52-27-9-11-35-64(52)75-69(54)60)61-34-16-30-55-53-28-10-12-36-65(53)76-70(55)61)42-63-66(62)71(56-39-37-45-19-3-7-25-50(45)67(56)73)57-40-38-46-20-4-8-26-51(46)68(57)74(63)59-32-14-22-44-18-2-6-24-49(44)59/h1-42H. The third kappa shape index (κ3) is 5.75. The normalized spacial score (nSPS) is 12.9. The number of nitrogens with zero attached hydrogens (tertiary/aromatic N) is 3. The fraction of sp³-hybridized carbons (Fsp3) is 0. The van der Waals surface area contributed by atoms with Gasteiger partial charge in [-0.3, -0.25) is 0 Å². The topological polar surface area (TPSA) is 36.0 Å². The van der Waals surface area contributed by atoms with Crippen LogP contribution in [0.4, 0.5) is 51.2 Å². The van der Waals surface area contributed by atoms with E-state index >= 15 is 0 Å². The zero-order chi connectivity index (χ0) is 49.6. The molecule has 6 heteroatoms. The van der Waals surface area contributed by atoms with Crippen LogP contribution < -0.4 is 31.1 Å². The van der Waals surface area contributed by atoms with Crippen LogP contribution in [0.25, 0.3) is 87.0 Å². The molecule has 0 unspecified atom stereocenters.